The molecular formula is C11H13BrN4O2. The Balaban J connectivity index is 2.12. The Morgan fingerprint density at radius 1 is 1.50 bits per heavy atom. The molecule has 0 unspecified atom stereocenters. The van der Waals surface area contributed by atoms with Crippen molar-refractivity contribution in [2.24, 2.45) is 5.73 Å². The number of carbonyl (C=O) groups is 1. The van der Waals surface area contributed by atoms with Crippen molar-refractivity contribution < 1.29 is 9.53 Å². The van der Waals surface area contributed by atoms with Crippen molar-refractivity contribution in [3.8, 4) is 0 Å². The quantitative estimate of drug-likeness (QED) is 0.801. The normalized spacial score (nSPS) is 10.9. The molecule has 0 bridgehead atoms. The standard InChI is InChI=1S/C11H13BrN4O2/c12-7-1-2-9-8(5-7)15-11(14)16(9)3-4-18-6-10(13)17/h1-2,5H,3-4,6H2,(H2,13,17)(H2,14,15). The van der Waals surface area contributed by atoms with E-state index in [4.69, 9.17) is 16.2 Å². The maximum absolute atomic E-state index is 10.5. The van der Waals surface area contributed by atoms with Gasteiger partial charge in [0.15, 0.2) is 0 Å². The van der Waals surface area contributed by atoms with Gasteiger partial charge in [-0.05, 0) is 18.2 Å². The second-order valence-electron chi connectivity index (χ2n) is 3.77. The van der Waals surface area contributed by atoms with Crippen molar-refractivity contribution in [1.82, 2.24) is 9.55 Å². The maximum atomic E-state index is 10.5. The van der Waals surface area contributed by atoms with Crippen molar-refractivity contribution in [3.63, 3.8) is 0 Å². The number of nitrogens with two attached hydrogens (primary N) is 2. The molecular weight excluding hydrogens is 300 g/mol. The van der Waals surface area contributed by atoms with Gasteiger partial charge in [-0.1, -0.05) is 15.9 Å². The van der Waals surface area contributed by atoms with Crippen molar-refractivity contribution in [2.45, 2.75) is 6.54 Å². The van der Waals surface area contributed by atoms with Crippen LogP contribution >= 0.6 is 15.9 Å². The fourth-order valence-electron chi connectivity index (χ4n) is 1.69. The molecule has 0 atom stereocenters. The molecule has 1 heterocycles. The minimum Gasteiger partial charge on any atom is -0.370 e. The summed E-state index contributed by atoms with van der Waals surface area (Å²) in [6.07, 6.45) is 0. The number of rotatable bonds is 5. The van der Waals surface area contributed by atoms with E-state index in [1.54, 1.807) is 0 Å². The van der Waals surface area contributed by atoms with Gasteiger partial charge in [0.25, 0.3) is 0 Å². The molecule has 7 heteroatoms. The van der Waals surface area contributed by atoms with Gasteiger partial charge in [-0.15, -0.1) is 0 Å². The van der Waals surface area contributed by atoms with E-state index >= 15 is 0 Å². The average molecular weight is 313 g/mol. The summed E-state index contributed by atoms with van der Waals surface area (Å²) in [5.41, 5.74) is 12.6. The number of hydrogen-bond donors (Lipinski definition) is 2. The van der Waals surface area contributed by atoms with E-state index in [0.29, 0.717) is 19.1 Å². The molecule has 2 rings (SSSR count). The number of nitrogen functional groups attached to an aromatic ring is 1. The molecule has 0 aliphatic heterocycles. The first-order chi connectivity index (χ1) is 8.58. The summed E-state index contributed by atoms with van der Waals surface area (Å²) in [5, 5.41) is 0. The van der Waals surface area contributed by atoms with E-state index in [1.807, 2.05) is 22.8 Å². The second-order valence-corrected chi connectivity index (χ2v) is 4.69. The fourth-order valence-corrected chi connectivity index (χ4v) is 2.03. The number of imidazole rings is 1. The van der Waals surface area contributed by atoms with E-state index in [9.17, 15) is 4.79 Å². The highest BCUT2D eigenvalue weighted by Gasteiger charge is 2.08. The monoisotopic (exact) mass is 312 g/mol. The van der Waals surface area contributed by atoms with Gasteiger partial charge in [0.1, 0.15) is 6.61 Å². The predicted molar refractivity (Wildman–Crippen MR) is 71.9 cm³/mol. The molecule has 0 aliphatic rings. The number of nitrogens with zero attached hydrogens (tertiary/aromatic N) is 2. The number of anilines is 1. The lowest BCUT2D eigenvalue weighted by Crippen LogP contribution is -2.20. The minimum atomic E-state index is -0.484. The topological polar surface area (TPSA) is 96.2 Å². The third-order valence-corrected chi connectivity index (χ3v) is 2.94. The lowest BCUT2D eigenvalue weighted by molar-refractivity contribution is -0.122. The molecule has 1 aromatic carbocycles. The Hall–Kier alpha value is -1.60. The molecule has 0 saturated heterocycles. The number of aromatic nitrogens is 2. The van der Waals surface area contributed by atoms with Crippen molar-refractivity contribution in [1.29, 1.82) is 0 Å². The lowest BCUT2D eigenvalue weighted by Gasteiger charge is -2.06. The predicted octanol–water partition coefficient (Wildman–Crippen LogP) is 0.883. The largest absolute Gasteiger partial charge is 0.370 e. The molecule has 0 saturated carbocycles. The minimum absolute atomic E-state index is 0.0852. The van der Waals surface area contributed by atoms with E-state index < -0.39 is 5.91 Å². The summed E-state index contributed by atoms with van der Waals surface area (Å²) in [6.45, 7) is 0.796. The molecule has 0 aliphatic carbocycles. The number of halogens is 1. The molecule has 4 N–H and O–H groups in total. The molecule has 6 nitrogen and oxygen atoms in total. The lowest BCUT2D eigenvalue weighted by atomic mass is 10.3. The number of hydrogen-bond acceptors (Lipinski definition) is 4. The summed E-state index contributed by atoms with van der Waals surface area (Å²) in [4.78, 5) is 14.8. The van der Waals surface area contributed by atoms with Crippen molar-refractivity contribution in [3.05, 3.63) is 22.7 Å². The van der Waals surface area contributed by atoms with Crippen LogP contribution in [0.15, 0.2) is 22.7 Å². The molecule has 0 fully saturated rings. The maximum Gasteiger partial charge on any atom is 0.243 e. The first-order valence-corrected chi connectivity index (χ1v) is 6.14. The van der Waals surface area contributed by atoms with Crippen LogP contribution in [-0.4, -0.2) is 28.7 Å². The Labute approximate surface area is 112 Å². The highest BCUT2D eigenvalue weighted by Crippen LogP contribution is 2.21. The number of amides is 1. The van der Waals surface area contributed by atoms with E-state index in [1.165, 1.54) is 0 Å². The first kappa shape index (κ1) is 12.8. The van der Waals surface area contributed by atoms with Crippen LogP contribution in [-0.2, 0) is 16.1 Å². The van der Waals surface area contributed by atoms with Crippen LogP contribution in [0.2, 0.25) is 0 Å². The molecule has 96 valence electrons. The average Bonchev–Trinajstić information content (AvgIpc) is 2.59. The van der Waals surface area contributed by atoms with Crippen LogP contribution in [0.5, 0.6) is 0 Å². The third kappa shape index (κ3) is 2.80. The van der Waals surface area contributed by atoms with E-state index in [2.05, 4.69) is 20.9 Å². The molecule has 0 spiro atoms. The number of carbonyl (C=O) groups excluding carboxylic acids is 1. The van der Waals surface area contributed by atoms with Gasteiger partial charge in [-0.3, -0.25) is 4.79 Å². The molecule has 18 heavy (non-hydrogen) atoms. The van der Waals surface area contributed by atoms with Crippen LogP contribution in [0.1, 0.15) is 0 Å². The Morgan fingerprint density at radius 2 is 2.28 bits per heavy atom. The zero-order valence-corrected chi connectivity index (χ0v) is 11.2. The summed E-state index contributed by atoms with van der Waals surface area (Å²) in [7, 11) is 0. The molecule has 2 aromatic rings. The number of primary amides is 1. The van der Waals surface area contributed by atoms with Gasteiger partial charge in [-0.25, -0.2) is 4.98 Å². The SMILES string of the molecule is NC(=O)COCCn1c(N)nc2cc(Br)ccc21. The van der Waals surface area contributed by atoms with Crippen LogP contribution in [0.25, 0.3) is 11.0 Å². The highest BCUT2D eigenvalue weighted by molar-refractivity contribution is 9.10. The zero-order chi connectivity index (χ0) is 13.1. The van der Waals surface area contributed by atoms with Crippen molar-refractivity contribution >= 4 is 38.8 Å². The zero-order valence-electron chi connectivity index (χ0n) is 9.60. The first-order valence-electron chi connectivity index (χ1n) is 5.35. The summed E-state index contributed by atoms with van der Waals surface area (Å²) >= 11 is 3.38. The molecule has 1 amide bonds. The van der Waals surface area contributed by atoms with Gasteiger partial charge in [0, 0.05) is 11.0 Å². The summed E-state index contributed by atoms with van der Waals surface area (Å²) < 4.78 is 7.89. The van der Waals surface area contributed by atoms with Crippen LogP contribution in [0.4, 0.5) is 5.95 Å². The summed E-state index contributed by atoms with van der Waals surface area (Å²) in [6, 6.07) is 5.74. The van der Waals surface area contributed by atoms with Gasteiger partial charge < -0.3 is 20.8 Å². The Kier molecular flexibility index (Phi) is 3.83. The van der Waals surface area contributed by atoms with E-state index in [0.717, 1.165) is 15.5 Å². The highest BCUT2D eigenvalue weighted by atomic mass is 79.9. The molecule has 0 radical (unpaired) electrons. The van der Waals surface area contributed by atoms with Gasteiger partial charge >= 0.3 is 0 Å². The van der Waals surface area contributed by atoms with E-state index in [-0.39, 0.29) is 6.61 Å². The smallest absolute Gasteiger partial charge is 0.243 e. The van der Waals surface area contributed by atoms with Gasteiger partial charge in [0.2, 0.25) is 11.9 Å². The van der Waals surface area contributed by atoms with Gasteiger partial charge in [-0.2, -0.15) is 0 Å². The number of fused-ring (bicyclic) bond motifs is 1. The Bertz CT molecular complexity index is 582. The van der Waals surface area contributed by atoms with Crippen LogP contribution in [0.3, 0.4) is 0 Å². The van der Waals surface area contributed by atoms with Crippen molar-refractivity contribution in [2.75, 3.05) is 18.9 Å². The number of ether oxygens (including phenoxy) is 1. The van der Waals surface area contributed by atoms with Crippen LogP contribution in [0, 0.1) is 0 Å². The van der Waals surface area contributed by atoms with Crippen LogP contribution < -0.4 is 11.5 Å². The van der Waals surface area contributed by atoms with Gasteiger partial charge in [0.05, 0.1) is 17.6 Å². The second kappa shape index (κ2) is 5.36. The Morgan fingerprint density at radius 3 is 3.00 bits per heavy atom. The fraction of sp³-hybridized carbons (Fsp3) is 0.273. The third-order valence-electron chi connectivity index (χ3n) is 2.44. The molecule has 1 aromatic heterocycles. The number of benzene rings is 1. The summed E-state index contributed by atoms with van der Waals surface area (Å²) in [5.74, 6) is -0.0619.